The smallest absolute Gasteiger partial charge is 0.257 e. The van der Waals surface area contributed by atoms with Crippen molar-refractivity contribution in [2.45, 2.75) is 11.0 Å². The van der Waals surface area contributed by atoms with Gasteiger partial charge in [-0.2, -0.15) is 0 Å². The molecule has 0 bridgehead atoms. The summed E-state index contributed by atoms with van der Waals surface area (Å²) in [7, 11) is 3.25. The Morgan fingerprint density at radius 2 is 1.93 bits per heavy atom. The molecule has 0 saturated heterocycles. The number of benzene rings is 2. The van der Waals surface area contributed by atoms with Crippen LogP contribution >= 0.6 is 34.7 Å². The van der Waals surface area contributed by atoms with E-state index in [1.807, 2.05) is 29.6 Å². The molecule has 0 spiro atoms. The number of hydrogen-bond donors (Lipinski definition) is 0. The van der Waals surface area contributed by atoms with Crippen molar-refractivity contribution in [3.8, 4) is 22.1 Å². The maximum atomic E-state index is 5.98. The number of rotatable bonds is 6. The van der Waals surface area contributed by atoms with Gasteiger partial charge in [-0.25, -0.2) is 9.97 Å². The molecule has 0 unspecified atom stereocenters. The Balaban J connectivity index is 1.49. The highest BCUT2D eigenvalue weighted by molar-refractivity contribution is 7.98. The Morgan fingerprint density at radius 3 is 2.74 bits per heavy atom. The van der Waals surface area contributed by atoms with Gasteiger partial charge >= 0.3 is 0 Å². The first-order chi connectivity index (χ1) is 13.2. The van der Waals surface area contributed by atoms with E-state index in [1.165, 1.54) is 11.8 Å². The zero-order chi connectivity index (χ0) is 18.8. The number of nitrogens with zero attached hydrogens (tertiary/aromatic N) is 2. The molecule has 0 saturated carbocycles. The normalized spacial score (nSPS) is 11.1. The van der Waals surface area contributed by atoms with Crippen LogP contribution in [0.25, 0.3) is 21.7 Å². The van der Waals surface area contributed by atoms with Gasteiger partial charge in [0, 0.05) is 27.8 Å². The molecule has 0 atom stereocenters. The molecule has 0 N–H and O–H groups in total. The largest absolute Gasteiger partial charge is 0.493 e. The summed E-state index contributed by atoms with van der Waals surface area (Å²) in [4.78, 5) is 9.16. The van der Waals surface area contributed by atoms with Gasteiger partial charge < -0.3 is 13.9 Å². The lowest BCUT2D eigenvalue weighted by molar-refractivity contribution is 0.355. The Bertz CT molecular complexity index is 1090. The summed E-state index contributed by atoms with van der Waals surface area (Å²) in [5, 5.41) is 4.21. The Labute approximate surface area is 169 Å². The lowest BCUT2D eigenvalue weighted by atomic mass is 10.2. The average molecular weight is 419 g/mol. The van der Waals surface area contributed by atoms with Crippen LogP contribution in [-0.2, 0) is 5.75 Å². The van der Waals surface area contributed by atoms with E-state index in [2.05, 4.69) is 4.98 Å². The van der Waals surface area contributed by atoms with Crippen molar-refractivity contribution in [2.75, 3.05) is 14.2 Å². The molecule has 2 aromatic carbocycles. The molecule has 27 heavy (non-hydrogen) atoms. The topological polar surface area (TPSA) is 57.4 Å². The monoisotopic (exact) mass is 418 g/mol. The number of ether oxygens (including phenoxy) is 2. The fourth-order valence-electron chi connectivity index (χ4n) is 2.55. The van der Waals surface area contributed by atoms with Crippen LogP contribution in [0.4, 0.5) is 0 Å². The van der Waals surface area contributed by atoms with Crippen LogP contribution in [0.3, 0.4) is 0 Å². The van der Waals surface area contributed by atoms with Crippen molar-refractivity contribution < 1.29 is 13.9 Å². The lowest BCUT2D eigenvalue weighted by Crippen LogP contribution is -1.90. The summed E-state index contributed by atoms with van der Waals surface area (Å²) < 4.78 is 16.4. The third-order valence-electron chi connectivity index (χ3n) is 3.86. The fraction of sp³-hybridized carbons (Fsp3) is 0.158. The van der Waals surface area contributed by atoms with E-state index >= 15 is 0 Å². The van der Waals surface area contributed by atoms with E-state index in [0.29, 0.717) is 33.1 Å². The first-order valence-corrected chi connectivity index (χ1v) is 10.3. The summed E-state index contributed by atoms with van der Waals surface area (Å²) >= 11 is 9.08. The van der Waals surface area contributed by atoms with Gasteiger partial charge in [-0.1, -0.05) is 23.4 Å². The maximum Gasteiger partial charge on any atom is 0.257 e. The highest BCUT2D eigenvalue weighted by atomic mass is 35.5. The number of thiazole rings is 1. The molecule has 4 rings (SSSR count). The van der Waals surface area contributed by atoms with Gasteiger partial charge in [0.25, 0.3) is 5.22 Å². The van der Waals surface area contributed by atoms with Gasteiger partial charge in [-0.15, -0.1) is 11.3 Å². The zero-order valence-electron chi connectivity index (χ0n) is 14.6. The predicted molar refractivity (Wildman–Crippen MR) is 109 cm³/mol. The third-order valence-corrected chi connectivity index (χ3v) is 5.89. The Morgan fingerprint density at radius 1 is 1.07 bits per heavy atom. The summed E-state index contributed by atoms with van der Waals surface area (Å²) in [6.45, 7) is 0. The van der Waals surface area contributed by atoms with Gasteiger partial charge in [-0.3, -0.25) is 0 Å². The van der Waals surface area contributed by atoms with Crippen molar-refractivity contribution in [1.82, 2.24) is 9.97 Å². The van der Waals surface area contributed by atoms with Crippen LogP contribution in [-0.4, -0.2) is 24.2 Å². The third kappa shape index (κ3) is 3.90. The molecule has 4 aromatic rings. The van der Waals surface area contributed by atoms with Gasteiger partial charge in [0.05, 0.1) is 19.9 Å². The SMILES string of the molecule is COc1ccc(-c2nc(CSc3nc4ccc(Cl)cc4o3)cs2)cc1OC. The second-order valence-electron chi connectivity index (χ2n) is 5.59. The molecule has 0 aliphatic carbocycles. The Hall–Kier alpha value is -2.22. The number of hydrogen-bond acceptors (Lipinski definition) is 7. The van der Waals surface area contributed by atoms with Crippen molar-refractivity contribution >= 4 is 45.8 Å². The molecule has 8 heteroatoms. The van der Waals surface area contributed by atoms with Crippen LogP contribution < -0.4 is 9.47 Å². The van der Waals surface area contributed by atoms with Crippen molar-refractivity contribution in [3.05, 3.63) is 52.5 Å². The van der Waals surface area contributed by atoms with Crippen LogP contribution in [0.15, 0.2) is 51.4 Å². The molecular formula is C19H15ClN2O3S2. The van der Waals surface area contributed by atoms with Crippen molar-refractivity contribution in [3.63, 3.8) is 0 Å². The van der Waals surface area contributed by atoms with E-state index < -0.39 is 0 Å². The van der Waals surface area contributed by atoms with Crippen molar-refractivity contribution in [1.29, 1.82) is 0 Å². The standard InChI is InChI=1S/C19H15ClN2O3S2/c1-23-15-6-3-11(7-17(15)24-2)18-21-13(9-26-18)10-27-19-22-14-5-4-12(20)8-16(14)25-19/h3-9H,10H2,1-2H3. The molecule has 0 radical (unpaired) electrons. The van der Waals surface area contributed by atoms with Gasteiger partial charge in [0.2, 0.25) is 0 Å². The quantitative estimate of drug-likeness (QED) is 0.362. The summed E-state index contributed by atoms with van der Waals surface area (Å²) in [6, 6.07) is 11.2. The molecule has 5 nitrogen and oxygen atoms in total. The number of halogens is 1. The van der Waals surface area contributed by atoms with Crippen LogP contribution in [0, 0.1) is 0 Å². The van der Waals surface area contributed by atoms with E-state index in [0.717, 1.165) is 21.8 Å². The minimum atomic E-state index is 0.605. The minimum absolute atomic E-state index is 0.605. The maximum absolute atomic E-state index is 5.98. The van der Waals surface area contributed by atoms with Gasteiger partial charge in [0.1, 0.15) is 10.5 Å². The Kier molecular flexibility index (Phi) is 5.24. The second kappa shape index (κ2) is 7.80. The second-order valence-corrected chi connectivity index (χ2v) is 7.82. The minimum Gasteiger partial charge on any atom is -0.493 e. The molecule has 0 fully saturated rings. The molecule has 138 valence electrons. The zero-order valence-corrected chi connectivity index (χ0v) is 17.0. The number of oxazole rings is 1. The van der Waals surface area contributed by atoms with E-state index in [-0.39, 0.29) is 0 Å². The summed E-state index contributed by atoms with van der Waals surface area (Å²) in [6.07, 6.45) is 0. The number of thioether (sulfide) groups is 1. The van der Waals surface area contributed by atoms with E-state index in [4.69, 9.17) is 30.5 Å². The number of aromatic nitrogens is 2. The van der Waals surface area contributed by atoms with E-state index in [1.54, 1.807) is 37.7 Å². The first-order valence-electron chi connectivity index (χ1n) is 8.02. The molecule has 0 aliphatic heterocycles. The van der Waals surface area contributed by atoms with E-state index in [9.17, 15) is 0 Å². The van der Waals surface area contributed by atoms with Crippen molar-refractivity contribution in [2.24, 2.45) is 0 Å². The van der Waals surface area contributed by atoms with Crippen LogP contribution in [0.1, 0.15) is 5.69 Å². The highest BCUT2D eigenvalue weighted by Gasteiger charge is 2.12. The number of fused-ring (bicyclic) bond motifs is 1. The predicted octanol–water partition coefficient (Wildman–Crippen LogP) is 5.91. The summed E-state index contributed by atoms with van der Waals surface area (Å²) in [5.74, 6) is 2.06. The molecule has 2 heterocycles. The van der Waals surface area contributed by atoms with Gasteiger partial charge in [0.15, 0.2) is 17.1 Å². The highest BCUT2D eigenvalue weighted by Crippen LogP contribution is 2.34. The fourth-order valence-corrected chi connectivity index (χ4v) is 4.36. The summed E-state index contributed by atoms with van der Waals surface area (Å²) in [5.41, 5.74) is 3.45. The average Bonchev–Trinajstić information content (AvgIpc) is 3.32. The molecule has 2 aromatic heterocycles. The lowest BCUT2D eigenvalue weighted by Gasteiger charge is -2.08. The van der Waals surface area contributed by atoms with Crippen LogP contribution in [0.5, 0.6) is 11.5 Å². The number of methoxy groups -OCH3 is 2. The van der Waals surface area contributed by atoms with Crippen LogP contribution in [0.2, 0.25) is 5.02 Å². The molecular weight excluding hydrogens is 404 g/mol. The first kappa shape index (κ1) is 18.2. The van der Waals surface area contributed by atoms with Gasteiger partial charge in [-0.05, 0) is 30.3 Å². The molecule has 0 amide bonds. The molecule has 0 aliphatic rings.